The summed E-state index contributed by atoms with van der Waals surface area (Å²) >= 11 is 0. The van der Waals surface area contributed by atoms with Gasteiger partial charge in [0, 0.05) is 18.8 Å². The average molecular weight is 284 g/mol. The second-order valence-electron chi connectivity index (χ2n) is 4.57. The first-order valence-electron chi connectivity index (χ1n) is 6.84. The van der Waals surface area contributed by atoms with E-state index in [2.05, 4.69) is 27.4 Å². The molecule has 5 nitrogen and oxygen atoms in total. The average Bonchev–Trinajstić information content (AvgIpc) is 2.54. The number of ether oxygens (including phenoxy) is 1. The van der Waals surface area contributed by atoms with E-state index in [0.717, 1.165) is 18.5 Å². The minimum absolute atomic E-state index is 0.446. The Labute approximate surface area is 124 Å². The van der Waals surface area contributed by atoms with Crippen molar-refractivity contribution < 1.29 is 4.74 Å². The topological polar surface area (TPSA) is 72.5 Å². The van der Waals surface area contributed by atoms with Gasteiger partial charge in [-0.05, 0) is 17.5 Å². The third-order valence-electron chi connectivity index (χ3n) is 3.00. The van der Waals surface area contributed by atoms with E-state index in [9.17, 15) is 0 Å². The quantitative estimate of drug-likeness (QED) is 0.626. The Kier molecular flexibility index (Phi) is 5.58. The van der Waals surface area contributed by atoms with Gasteiger partial charge in [-0.3, -0.25) is 0 Å². The summed E-state index contributed by atoms with van der Waals surface area (Å²) < 4.78 is 5.01. The number of nitrogens with zero attached hydrogens (tertiary/aromatic N) is 2. The van der Waals surface area contributed by atoms with Crippen molar-refractivity contribution in [2.45, 2.75) is 13.0 Å². The Morgan fingerprint density at radius 1 is 1.19 bits per heavy atom. The molecule has 0 atom stereocenters. The molecular formula is C16H20N4O. The predicted molar refractivity (Wildman–Crippen MR) is 84.3 cm³/mol. The molecule has 0 bridgehead atoms. The molecule has 0 aliphatic carbocycles. The number of aliphatic imine (C=N–C) groups is 1. The molecule has 1 aromatic carbocycles. The fourth-order valence-electron chi connectivity index (χ4n) is 1.84. The SMILES string of the molecule is COc1ccc(CN=C(N)NCCc2ccccc2)cn1. The highest BCUT2D eigenvalue weighted by atomic mass is 16.5. The molecule has 0 fully saturated rings. The molecule has 5 heteroatoms. The lowest BCUT2D eigenvalue weighted by Crippen LogP contribution is -2.33. The number of nitrogens with two attached hydrogens (primary N) is 1. The summed E-state index contributed by atoms with van der Waals surface area (Å²) in [5, 5.41) is 3.11. The molecule has 0 saturated heterocycles. The van der Waals surface area contributed by atoms with Crippen LogP contribution in [0.25, 0.3) is 0 Å². The van der Waals surface area contributed by atoms with Crippen LogP contribution in [0.4, 0.5) is 0 Å². The lowest BCUT2D eigenvalue weighted by atomic mass is 10.1. The molecular weight excluding hydrogens is 264 g/mol. The largest absolute Gasteiger partial charge is 0.481 e. The molecule has 0 unspecified atom stereocenters. The Bertz CT molecular complexity index is 567. The van der Waals surface area contributed by atoms with Crippen molar-refractivity contribution in [2.75, 3.05) is 13.7 Å². The zero-order valence-electron chi connectivity index (χ0n) is 12.1. The maximum absolute atomic E-state index is 5.84. The van der Waals surface area contributed by atoms with E-state index >= 15 is 0 Å². The number of hydrogen-bond donors (Lipinski definition) is 2. The highest BCUT2D eigenvalue weighted by molar-refractivity contribution is 5.77. The van der Waals surface area contributed by atoms with Crippen molar-refractivity contribution in [2.24, 2.45) is 10.7 Å². The molecule has 0 spiro atoms. The fourth-order valence-corrected chi connectivity index (χ4v) is 1.84. The molecule has 3 N–H and O–H groups in total. The first-order valence-corrected chi connectivity index (χ1v) is 6.84. The lowest BCUT2D eigenvalue weighted by Gasteiger charge is -2.06. The number of pyridine rings is 1. The van der Waals surface area contributed by atoms with Crippen LogP contribution in [0.15, 0.2) is 53.7 Å². The summed E-state index contributed by atoms with van der Waals surface area (Å²) in [6.45, 7) is 1.27. The standard InChI is InChI=1S/C16H20N4O/c1-21-15-8-7-14(11-19-15)12-20-16(17)18-10-9-13-5-3-2-4-6-13/h2-8,11H,9-10,12H2,1H3,(H3,17,18,20). The summed E-state index contributed by atoms with van der Waals surface area (Å²) in [6.07, 6.45) is 2.65. The van der Waals surface area contributed by atoms with Gasteiger partial charge >= 0.3 is 0 Å². The van der Waals surface area contributed by atoms with E-state index in [1.165, 1.54) is 5.56 Å². The van der Waals surface area contributed by atoms with Crippen LogP contribution in [0.3, 0.4) is 0 Å². The molecule has 1 aromatic heterocycles. The lowest BCUT2D eigenvalue weighted by molar-refractivity contribution is 0.397. The van der Waals surface area contributed by atoms with E-state index in [4.69, 9.17) is 10.5 Å². The number of guanidine groups is 1. The molecule has 0 radical (unpaired) electrons. The minimum atomic E-state index is 0.446. The maximum Gasteiger partial charge on any atom is 0.212 e. The maximum atomic E-state index is 5.84. The summed E-state index contributed by atoms with van der Waals surface area (Å²) in [5.74, 6) is 1.04. The van der Waals surface area contributed by atoms with Crippen molar-refractivity contribution in [3.63, 3.8) is 0 Å². The Morgan fingerprint density at radius 3 is 2.67 bits per heavy atom. The highest BCUT2D eigenvalue weighted by Gasteiger charge is 1.96. The Hall–Kier alpha value is -2.56. The third kappa shape index (κ3) is 5.14. The molecule has 0 amide bonds. The molecule has 0 aliphatic rings. The fraction of sp³-hybridized carbons (Fsp3) is 0.250. The predicted octanol–water partition coefficient (Wildman–Crippen LogP) is 1.74. The molecule has 0 aliphatic heterocycles. The van der Waals surface area contributed by atoms with Crippen LogP contribution >= 0.6 is 0 Å². The summed E-state index contributed by atoms with van der Waals surface area (Å²) in [6, 6.07) is 14.0. The summed E-state index contributed by atoms with van der Waals surface area (Å²) in [4.78, 5) is 8.41. The van der Waals surface area contributed by atoms with Crippen LogP contribution < -0.4 is 15.8 Å². The first-order chi connectivity index (χ1) is 10.3. The van der Waals surface area contributed by atoms with Crippen LogP contribution in [0.1, 0.15) is 11.1 Å². The summed E-state index contributed by atoms with van der Waals surface area (Å²) in [7, 11) is 1.59. The van der Waals surface area contributed by atoms with Crippen LogP contribution in [0.5, 0.6) is 5.88 Å². The number of rotatable bonds is 6. The van der Waals surface area contributed by atoms with E-state index < -0.39 is 0 Å². The number of nitrogens with one attached hydrogen (secondary N) is 1. The number of methoxy groups -OCH3 is 1. The van der Waals surface area contributed by atoms with Gasteiger partial charge in [0.25, 0.3) is 0 Å². The van der Waals surface area contributed by atoms with Crippen LogP contribution in [0.2, 0.25) is 0 Å². The van der Waals surface area contributed by atoms with Gasteiger partial charge < -0.3 is 15.8 Å². The van der Waals surface area contributed by atoms with E-state index in [0.29, 0.717) is 18.4 Å². The number of aromatic nitrogens is 1. The monoisotopic (exact) mass is 284 g/mol. The van der Waals surface area contributed by atoms with Gasteiger partial charge in [0.1, 0.15) is 0 Å². The van der Waals surface area contributed by atoms with E-state index in [1.54, 1.807) is 13.3 Å². The first kappa shape index (κ1) is 14.8. The van der Waals surface area contributed by atoms with Crippen LogP contribution in [-0.2, 0) is 13.0 Å². The van der Waals surface area contributed by atoms with E-state index in [-0.39, 0.29) is 0 Å². The minimum Gasteiger partial charge on any atom is -0.481 e. The molecule has 110 valence electrons. The molecule has 0 saturated carbocycles. The smallest absolute Gasteiger partial charge is 0.212 e. The van der Waals surface area contributed by atoms with Crippen LogP contribution in [0, 0.1) is 0 Å². The Morgan fingerprint density at radius 2 is 2.00 bits per heavy atom. The second kappa shape index (κ2) is 7.89. The highest BCUT2D eigenvalue weighted by Crippen LogP contribution is 2.07. The van der Waals surface area contributed by atoms with Crippen molar-refractivity contribution in [1.82, 2.24) is 10.3 Å². The zero-order valence-corrected chi connectivity index (χ0v) is 12.1. The van der Waals surface area contributed by atoms with Crippen molar-refractivity contribution in [1.29, 1.82) is 0 Å². The third-order valence-corrected chi connectivity index (χ3v) is 3.00. The van der Waals surface area contributed by atoms with Gasteiger partial charge in [0.15, 0.2) is 5.96 Å². The number of benzene rings is 1. The molecule has 2 aromatic rings. The van der Waals surface area contributed by atoms with Gasteiger partial charge in [0.05, 0.1) is 13.7 Å². The Balaban J connectivity index is 1.75. The van der Waals surface area contributed by atoms with Crippen LogP contribution in [-0.4, -0.2) is 24.6 Å². The van der Waals surface area contributed by atoms with Gasteiger partial charge in [0.2, 0.25) is 5.88 Å². The zero-order chi connectivity index (χ0) is 14.9. The van der Waals surface area contributed by atoms with E-state index in [1.807, 2.05) is 30.3 Å². The van der Waals surface area contributed by atoms with Gasteiger partial charge in [-0.15, -0.1) is 0 Å². The normalized spacial score (nSPS) is 11.2. The molecule has 1 heterocycles. The second-order valence-corrected chi connectivity index (χ2v) is 4.57. The van der Waals surface area contributed by atoms with Gasteiger partial charge in [-0.2, -0.15) is 0 Å². The molecule has 2 rings (SSSR count). The van der Waals surface area contributed by atoms with Gasteiger partial charge in [-0.25, -0.2) is 9.98 Å². The van der Waals surface area contributed by atoms with Gasteiger partial charge in [-0.1, -0.05) is 36.4 Å². The van der Waals surface area contributed by atoms with Crippen molar-refractivity contribution >= 4 is 5.96 Å². The molecule has 21 heavy (non-hydrogen) atoms. The van der Waals surface area contributed by atoms with Crippen molar-refractivity contribution in [3.05, 3.63) is 59.8 Å². The summed E-state index contributed by atoms with van der Waals surface area (Å²) in [5.41, 5.74) is 8.10. The van der Waals surface area contributed by atoms with Crippen molar-refractivity contribution in [3.8, 4) is 5.88 Å². The number of hydrogen-bond acceptors (Lipinski definition) is 3.